The van der Waals surface area contributed by atoms with E-state index in [1.165, 1.54) is 0 Å². The van der Waals surface area contributed by atoms with Gasteiger partial charge in [-0.2, -0.15) is 5.26 Å². The van der Waals surface area contributed by atoms with Gasteiger partial charge in [0.2, 0.25) is 0 Å². The maximum atomic E-state index is 13.6. The van der Waals surface area contributed by atoms with Gasteiger partial charge in [0.15, 0.2) is 0 Å². The standard InChI is InChI=1S/C13H16F2N2O/c1-2-10(3-4-18)17-8-11-12(14)5-9(7-16)6-13(11)15/h5-6,10,17-18H,2-4,8H2,1H3. The topological polar surface area (TPSA) is 56.0 Å². The lowest BCUT2D eigenvalue weighted by atomic mass is 10.1. The summed E-state index contributed by atoms with van der Waals surface area (Å²) >= 11 is 0. The number of halogens is 2. The largest absolute Gasteiger partial charge is 0.396 e. The van der Waals surface area contributed by atoms with E-state index in [0.29, 0.717) is 6.42 Å². The summed E-state index contributed by atoms with van der Waals surface area (Å²) in [6, 6.07) is 3.76. The molecule has 0 fully saturated rings. The van der Waals surface area contributed by atoms with Crippen molar-refractivity contribution in [1.29, 1.82) is 5.26 Å². The second-order valence-electron chi connectivity index (χ2n) is 4.03. The van der Waals surface area contributed by atoms with Crippen LogP contribution in [0.2, 0.25) is 0 Å². The lowest BCUT2D eigenvalue weighted by Crippen LogP contribution is -2.29. The Hall–Kier alpha value is -1.51. The Bertz CT molecular complexity index is 420. The molecule has 0 aliphatic carbocycles. The highest BCUT2D eigenvalue weighted by molar-refractivity contribution is 5.34. The average Bonchev–Trinajstić information content (AvgIpc) is 2.36. The summed E-state index contributed by atoms with van der Waals surface area (Å²) < 4.78 is 27.1. The van der Waals surface area contributed by atoms with Gasteiger partial charge in [-0.15, -0.1) is 0 Å². The molecule has 0 heterocycles. The van der Waals surface area contributed by atoms with Crippen LogP contribution in [0.1, 0.15) is 30.9 Å². The lowest BCUT2D eigenvalue weighted by molar-refractivity contribution is 0.261. The Kier molecular flexibility index (Phi) is 5.69. The molecule has 0 bridgehead atoms. The van der Waals surface area contributed by atoms with Crippen molar-refractivity contribution in [3.8, 4) is 6.07 Å². The van der Waals surface area contributed by atoms with Gasteiger partial charge in [-0.25, -0.2) is 8.78 Å². The molecule has 0 saturated heterocycles. The molecule has 2 N–H and O–H groups in total. The fourth-order valence-corrected chi connectivity index (χ4v) is 1.69. The minimum Gasteiger partial charge on any atom is -0.396 e. The molecule has 0 aromatic heterocycles. The molecule has 5 heteroatoms. The first-order valence-corrected chi connectivity index (χ1v) is 5.84. The van der Waals surface area contributed by atoms with Crippen LogP contribution in [0.5, 0.6) is 0 Å². The Morgan fingerprint density at radius 1 is 1.39 bits per heavy atom. The number of rotatable bonds is 6. The summed E-state index contributed by atoms with van der Waals surface area (Å²) in [5.74, 6) is -1.45. The summed E-state index contributed by atoms with van der Waals surface area (Å²) in [5, 5.41) is 20.4. The molecule has 0 aliphatic heterocycles. The molecule has 1 rings (SSSR count). The highest BCUT2D eigenvalue weighted by atomic mass is 19.1. The Labute approximate surface area is 105 Å². The monoisotopic (exact) mass is 254 g/mol. The van der Waals surface area contributed by atoms with Gasteiger partial charge in [-0.05, 0) is 25.0 Å². The quantitative estimate of drug-likeness (QED) is 0.817. The van der Waals surface area contributed by atoms with Crippen molar-refractivity contribution in [3.05, 3.63) is 34.9 Å². The van der Waals surface area contributed by atoms with Gasteiger partial charge in [0.1, 0.15) is 11.6 Å². The van der Waals surface area contributed by atoms with Gasteiger partial charge in [-0.3, -0.25) is 0 Å². The normalized spacial score (nSPS) is 12.2. The van der Waals surface area contributed by atoms with Crippen molar-refractivity contribution in [2.75, 3.05) is 6.61 Å². The van der Waals surface area contributed by atoms with Crippen molar-refractivity contribution in [2.24, 2.45) is 0 Å². The number of nitrogens with zero attached hydrogens (tertiary/aromatic N) is 1. The maximum Gasteiger partial charge on any atom is 0.131 e. The third-order valence-electron chi connectivity index (χ3n) is 2.81. The Balaban J connectivity index is 2.76. The highest BCUT2D eigenvalue weighted by Crippen LogP contribution is 2.15. The van der Waals surface area contributed by atoms with Crippen molar-refractivity contribution >= 4 is 0 Å². The lowest BCUT2D eigenvalue weighted by Gasteiger charge is -2.16. The molecule has 98 valence electrons. The number of nitriles is 1. The van der Waals surface area contributed by atoms with Crippen molar-refractivity contribution < 1.29 is 13.9 Å². The van der Waals surface area contributed by atoms with E-state index in [4.69, 9.17) is 10.4 Å². The van der Waals surface area contributed by atoms with Crippen LogP contribution in [0.25, 0.3) is 0 Å². The SMILES string of the molecule is CCC(CCO)NCc1c(F)cc(C#N)cc1F. The first-order valence-electron chi connectivity index (χ1n) is 5.84. The van der Waals surface area contributed by atoms with E-state index in [-0.39, 0.29) is 30.3 Å². The van der Waals surface area contributed by atoms with E-state index in [1.54, 1.807) is 6.07 Å². The van der Waals surface area contributed by atoms with E-state index < -0.39 is 11.6 Å². The van der Waals surface area contributed by atoms with Crippen LogP contribution < -0.4 is 5.32 Å². The summed E-state index contributed by atoms with van der Waals surface area (Å²) in [6.07, 6.45) is 1.30. The highest BCUT2D eigenvalue weighted by Gasteiger charge is 2.13. The van der Waals surface area contributed by atoms with Gasteiger partial charge in [0, 0.05) is 24.8 Å². The van der Waals surface area contributed by atoms with E-state index in [0.717, 1.165) is 18.6 Å². The van der Waals surface area contributed by atoms with Crippen LogP contribution in [-0.4, -0.2) is 17.8 Å². The number of aliphatic hydroxyl groups excluding tert-OH is 1. The predicted molar refractivity (Wildman–Crippen MR) is 63.7 cm³/mol. The van der Waals surface area contributed by atoms with Crippen LogP contribution in [0, 0.1) is 23.0 Å². The number of aliphatic hydroxyl groups is 1. The summed E-state index contributed by atoms with van der Waals surface area (Å²) in [5.41, 5.74) is -0.110. The first-order chi connectivity index (χ1) is 8.62. The minimum absolute atomic E-state index is 0.0180. The average molecular weight is 254 g/mol. The second kappa shape index (κ2) is 7.04. The molecule has 1 atom stereocenters. The second-order valence-corrected chi connectivity index (χ2v) is 4.03. The minimum atomic E-state index is -0.724. The van der Waals surface area contributed by atoms with E-state index in [2.05, 4.69) is 5.32 Å². The van der Waals surface area contributed by atoms with Gasteiger partial charge in [-0.1, -0.05) is 6.92 Å². The Morgan fingerprint density at radius 2 is 2.00 bits per heavy atom. The van der Waals surface area contributed by atoms with Crippen LogP contribution in [0.15, 0.2) is 12.1 Å². The summed E-state index contributed by atoms with van der Waals surface area (Å²) in [7, 11) is 0. The molecule has 0 spiro atoms. The molecule has 3 nitrogen and oxygen atoms in total. The molecule has 1 unspecified atom stereocenters. The first kappa shape index (κ1) is 14.6. The molecular formula is C13H16F2N2O. The van der Waals surface area contributed by atoms with Gasteiger partial charge < -0.3 is 10.4 Å². The summed E-state index contributed by atoms with van der Waals surface area (Å²) in [4.78, 5) is 0. The third-order valence-corrected chi connectivity index (χ3v) is 2.81. The molecule has 1 aromatic carbocycles. The van der Waals surface area contributed by atoms with E-state index in [9.17, 15) is 8.78 Å². The van der Waals surface area contributed by atoms with Crippen molar-refractivity contribution in [3.63, 3.8) is 0 Å². The zero-order chi connectivity index (χ0) is 13.5. The van der Waals surface area contributed by atoms with Crippen LogP contribution in [0.3, 0.4) is 0 Å². The molecule has 0 amide bonds. The molecule has 0 radical (unpaired) electrons. The number of hydrogen-bond acceptors (Lipinski definition) is 3. The van der Waals surface area contributed by atoms with Gasteiger partial charge in [0.25, 0.3) is 0 Å². The molecule has 0 saturated carbocycles. The van der Waals surface area contributed by atoms with Crippen molar-refractivity contribution in [1.82, 2.24) is 5.32 Å². The predicted octanol–water partition coefficient (Wildman–Crippen LogP) is 2.09. The zero-order valence-electron chi connectivity index (χ0n) is 10.2. The van der Waals surface area contributed by atoms with Gasteiger partial charge in [0.05, 0.1) is 11.6 Å². The molecule has 1 aromatic rings. The van der Waals surface area contributed by atoms with E-state index in [1.807, 2.05) is 6.92 Å². The number of benzene rings is 1. The molecule has 18 heavy (non-hydrogen) atoms. The van der Waals surface area contributed by atoms with Crippen LogP contribution >= 0.6 is 0 Å². The summed E-state index contributed by atoms with van der Waals surface area (Å²) in [6.45, 7) is 2.00. The van der Waals surface area contributed by atoms with Crippen LogP contribution in [-0.2, 0) is 6.54 Å². The van der Waals surface area contributed by atoms with Crippen LogP contribution in [0.4, 0.5) is 8.78 Å². The fraction of sp³-hybridized carbons (Fsp3) is 0.462. The molecular weight excluding hydrogens is 238 g/mol. The number of nitrogens with one attached hydrogen (secondary N) is 1. The molecule has 0 aliphatic rings. The Morgan fingerprint density at radius 3 is 2.44 bits per heavy atom. The van der Waals surface area contributed by atoms with E-state index >= 15 is 0 Å². The zero-order valence-corrected chi connectivity index (χ0v) is 10.2. The number of hydrogen-bond donors (Lipinski definition) is 2. The van der Waals surface area contributed by atoms with Crippen molar-refractivity contribution in [2.45, 2.75) is 32.4 Å². The van der Waals surface area contributed by atoms with Gasteiger partial charge >= 0.3 is 0 Å². The maximum absolute atomic E-state index is 13.6. The fourth-order valence-electron chi connectivity index (χ4n) is 1.69. The third kappa shape index (κ3) is 3.76. The smallest absolute Gasteiger partial charge is 0.131 e.